The molecule has 3 N–H and O–H groups in total. The molecular weight excluding hydrogens is 324 g/mol. The second-order valence-corrected chi connectivity index (χ2v) is 5.60. The van der Waals surface area contributed by atoms with Crippen molar-refractivity contribution in [2.24, 2.45) is 5.73 Å². The lowest BCUT2D eigenvalue weighted by Crippen LogP contribution is -2.41. The number of amides is 1. The summed E-state index contributed by atoms with van der Waals surface area (Å²) in [7, 11) is 1.35. The Morgan fingerprint density at radius 2 is 1.95 bits per heavy atom. The average Bonchev–Trinajstić information content (AvgIpc) is 2.52. The summed E-state index contributed by atoms with van der Waals surface area (Å²) in [6.45, 7) is 0.531. The summed E-state index contributed by atoms with van der Waals surface area (Å²) in [5.41, 5.74) is 7.33. The summed E-state index contributed by atoms with van der Waals surface area (Å²) >= 11 is 1.68. The summed E-state index contributed by atoms with van der Waals surface area (Å²) in [5, 5.41) is 2.82. The maximum atomic E-state index is 11.7. The highest BCUT2D eigenvalue weighted by atomic mass is 35.5. The Kier molecular flexibility index (Phi) is 10.7. The maximum Gasteiger partial charge on any atom is 0.337 e. The van der Waals surface area contributed by atoms with E-state index in [0.717, 1.165) is 11.3 Å². The van der Waals surface area contributed by atoms with Gasteiger partial charge in [-0.25, -0.2) is 4.79 Å². The van der Waals surface area contributed by atoms with Crippen LogP contribution in [0.2, 0.25) is 0 Å². The molecule has 0 aromatic heterocycles. The number of rotatable bonds is 8. The standard InChI is InChI=1S/C15H22N2O3S.ClH/c1-20-15(19)12-5-3-11(4-6-12)7-9-17-14(18)13(16)8-10-21-2;/h3-6,13H,7-10,16H2,1-2H3,(H,17,18);1H/t13-;/m0./s1. The lowest BCUT2D eigenvalue weighted by molar-refractivity contribution is -0.122. The van der Waals surface area contributed by atoms with Gasteiger partial charge in [-0.15, -0.1) is 12.4 Å². The van der Waals surface area contributed by atoms with Gasteiger partial charge in [-0.3, -0.25) is 4.79 Å². The highest BCUT2D eigenvalue weighted by Gasteiger charge is 2.12. The van der Waals surface area contributed by atoms with Crippen LogP contribution in [0.4, 0.5) is 0 Å². The number of benzene rings is 1. The largest absolute Gasteiger partial charge is 0.465 e. The molecule has 0 aliphatic rings. The summed E-state index contributed by atoms with van der Waals surface area (Å²) in [6, 6.07) is 6.69. The minimum Gasteiger partial charge on any atom is -0.465 e. The minimum absolute atomic E-state index is 0. The van der Waals surface area contributed by atoms with Crippen molar-refractivity contribution in [1.82, 2.24) is 5.32 Å². The van der Waals surface area contributed by atoms with Gasteiger partial charge in [0.25, 0.3) is 0 Å². The molecule has 7 heteroatoms. The third-order valence-corrected chi connectivity index (χ3v) is 3.70. The molecule has 0 heterocycles. The Hall–Kier alpha value is -1.24. The van der Waals surface area contributed by atoms with Gasteiger partial charge in [0, 0.05) is 6.54 Å². The Morgan fingerprint density at radius 1 is 1.32 bits per heavy atom. The zero-order valence-electron chi connectivity index (χ0n) is 12.8. The second kappa shape index (κ2) is 11.3. The fraction of sp³-hybridized carbons (Fsp3) is 0.467. The number of carbonyl (C=O) groups excluding carboxylic acids is 2. The van der Waals surface area contributed by atoms with Crippen LogP contribution in [0.5, 0.6) is 0 Å². The lowest BCUT2D eigenvalue weighted by atomic mass is 10.1. The van der Waals surface area contributed by atoms with Gasteiger partial charge in [-0.05, 0) is 42.5 Å². The van der Waals surface area contributed by atoms with Crippen molar-refractivity contribution in [3.63, 3.8) is 0 Å². The number of halogens is 1. The number of carbonyl (C=O) groups is 2. The van der Waals surface area contributed by atoms with Crippen molar-refractivity contribution in [3.05, 3.63) is 35.4 Å². The Labute approximate surface area is 141 Å². The molecule has 0 unspecified atom stereocenters. The van der Waals surface area contributed by atoms with Gasteiger partial charge >= 0.3 is 5.97 Å². The van der Waals surface area contributed by atoms with Crippen LogP contribution in [0.1, 0.15) is 22.3 Å². The minimum atomic E-state index is -0.445. The van der Waals surface area contributed by atoms with Crippen LogP contribution in [-0.4, -0.2) is 43.6 Å². The van der Waals surface area contributed by atoms with E-state index in [-0.39, 0.29) is 24.3 Å². The number of hydrogen-bond donors (Lipinski definition) is 2. The number of nitrogens with one attached hydrogen (secondary N) is 1. The van der Waals surface area contributed by atoms with E-state index in [2.05, 4.69) is 10.1 Å². The maximum absolute atomic E-state index is 11.7. The first kappa shape index (κ1) is 20.8. The van der Waals surface area contributed by atoms with Gasteiger partial charge in [0.15, 0.2) is 0 Å². The van der Waals surface area contributed by atoms with Crippen LogP contribution in [0, 0.1) is 0 Å². The molecule has 0 saturated heterocycles. The normalized spacial score (nSPS) is 11.2. The number of ether oxygens (including phenoxy) is 1. The summed E-state index contributed by atoms with van der Waals surface area (Å²) in [5.74, 6) is 0.411. The van der Waals surface area contributed by atoms with Crippen LogP contribution in [0.3, 0.4) is 0 Å². The molecule has 0 saturated carbocycles. The van der Waals surface area contributed by atoms with E-state index in [9.17, 15) is 9.59 Å². The van der Waals surface area contributed by atoms with Crippen LogP contribution in [0.25, 0.3) is 0 Å². The second-order valence-electron chi connectivity index (χ2n) is 4.62. The molecule has 1 aromatic rings. The van der Waals surface area contributed by atoms with Crippen LogP contribution >= 0.6 is 24.2 Å². The fourth-order valence-electron chi connectivity index (χ4n) is 1.76. The summed E-state index contributed by atoms with van der Waals surface area (Å²) in [4.78, 5) is 23.0. The Balaban J connectivity index is 0.00000441. The number of hydrogen-bond acceptors (Lipinski definition) is 5. The zero-order valence-corrected chi connectivity index (χ0v) is 14.5. The van der Waals surface area contributed by atoms with Crippen molar-refractivity contribution >= 4 is 36.0 Å². The predicted octanol–water partition coefficient (Wildman–Crippen LogP) is 1.63. The number of nitrogens with two attached hydrogens (primary N) is 1. The van der Waals surface area contributed by atoms with Crippen molar-refractivity contribution < 1.29 is 14.3 Å². The first-order valence-corrected chi connectivity index (χ1v) is 8.17. The van der Waals surface area contributed by atoms with Gasteiger partial charge in [-0.2, -0.15) is 11.8 Å². The molecule has 124 valence electrons. The molecular formula is C15H23ClN2O3S. The van der Waals surface area contributed by atoms with E-state index in [0.29, 0.717) is 24.9 Å². The average molecular weight is 347 g/mol. The highest BCUT2D eigenvalue weighted by molar-refractivity contribution is 7.98. The topological polar surface area (TPSA) is 81.4 Å². The monoisotopic (exact) mass is 346 g/mol. The number of methoxy groups -OCH3 is 1. The molecule has 1 atom stereocenters. The van der Waals surface area contributed by atoms with Crippen molar-refractivity contribution in [2.75, 3.05) is 25.7 Å². The number of esters is 1. The van der Waals surface area contributed by atoms with E-state index >= 15 is 0 Å². The molecule has 0 fully saturated rings. The van der Waals surface area contributed by atoms with E-state index in [1.807, 2.05) is 18.4 Å². The summed E-state index contributed by atoms with van der Waals surface area (Å²) in [6.07, 6.45) is 3.37. The van der Waals surface area contributed by atoms with E-state index in [4.69, 9.17) is 5.73 Å². The Morgan fingerprint density at radius 3 is 2.50 bits per heavy atom. The predicted molar refractivity (Wildman–Crippen MR) is 92.7 cm³/mol. The molecule has 0 aliphatic carbocycles. The van der Waals surface area contributed by atoms with Crippen LogP contribution < -0.4 is 11.1 Å². The van der Waals surface area contributed by atoms with E-state index in [1.54, 1.807) is 23.9 Å². The zero-order chi connectivity index (χ0) is 15.7. The van der Waals surface area contributed by atoms with E-state index in [1.165, 1.54) is 7.11 Å². The van der Waals surface area contributed by atoms with Crippen molar-refractivity contribution in [3.8, 4) is 0 Å². The highest BCUT2D eigenvalue weighted by Crippen LogP contribution is 2.06. The summed E-state index contributed by atoms with van der Waals surface area (Å²) < 4.78 is 4.64. The molecule has 1 aromatic carbocycles. The van der Waals surface area contributed by atoms with Crippen molar-refractivity contribution in [1.29, 1.82) is 0 Å². The fourth-order valence-corrected chi connectivity index (χ4v) is 2.25. The van der Waals surface area contributed by atoms with E-state index < -0.39 is 6.04 Å². The molecule has 0 aliphatic heterocycles. The molecule has 0 spiro atoms. The third-order valence-electron chi connectivity index (χ3n) is 3.06. The third kappa shape index (κ3) is 7.15. The smallest absolute Gasteiger partial charge is 0.337 e. The van der Waals surface area contributed by atoms with Crippen molar-refractivity contribution in [2.45, 2.75) is 18.9 Å². The molecule has 0 bridgehead atoms. The molecule has 0 radical (unpaired) electrons. The van der Waals surface area contributed by atoms with Gasteiger partial charge < -0.3 is 15.8 Å². The molecule has 1 amide bonds. The van der Waals surface area contributed by atoms with Gasteiger partial charge in [-0.1, -0.05) is 12.1 Å². The van der Waals surface area contributed by atoms with Gasteiger partial charge in [0.1, 0.15) is 0 Å². The first-order valence-electron chi connectivity index (χ1n) is 6.78. The first-order chi connectivity index (χ1) is 10.1. The van der Waals surface area contributed by atoms with Crippen LogP contribution in [-0.2, 0) is 16.0 Å². The van der Waals surface area contributed by atoms with Gasteiger partial charge in [0.2, 0.25) is 5.91 Å². The number of thioether (sulfide) groups is 1. The molecule has 5 nitrogen and oxygen atoms in total. The SMILES string of the molecule is COC(=O)c1ccc(CCNC(=O)[C@@H](N)CCSC)cc1.Cl. The Bertz CT molecular complexity index is 468. The quantitative estimate of drug-likeness (QED) is 0.699. The lowest BCUT2D eigenvalue weighted by Gasteiger charge is -2.11. The molecule has 22 heavy (non-hydrogen) atoms. The van der Waals surface area contributed by atoms with Crippen LogP contribution in [0.15, 0.2) is 24.3 Å². The van der Waals surface area contributed by atoms with Gasteiger partial charge in [0.05, 0.1) is 18.7 Å². The molecule has 1 rings (SSSR count).